The number of hydrogen-bond acceptors (Lipinski definition) is 3. The maximum absolute atomic E-state index is 5.78. The van der Waals surface area contributed by atoms with Crippen LogP contribution in [0, 0.1) is 0 Å². The van der Waals surface area contributed by atoms with E-state index in [1.165, 1.54) is 12.8 Å². The largest absolute Gasteiger partial charge is 0.370 e. The van der Waals surface area contributed by atoms with Gasteiger partial charge in [0, 0.05) is 24.6 Å². The quantitative estimate of drug-likeness (QED) is 0.627. The van der Waals surface area contributed by atoms with Crippen molar-refractivity contribution in [2.24, 2.45) is 10.7 Å². The molecule has 2 aromatic rings. The molecule has 6 heteroatoms. The molecule has 6 nitrogen and oxygen atoms in total. The molecule has 0 atom stereocenters. The predicted octanol–water partition coefficient (Wildman–Crippen LogP) is 0.834. The molecule has 0 radical (unpaired) electrons. The highest BCUT2D eigenvalue weighted by Gasteiger charge is 2.21. The summed E-state index contributed by atoms with van der Waals surface area (Å²) < 4.78 is 1.86. The second-order valence-corrected chi connectivity index (χ2v) is 4.61. The van der Waals surface area contributed by atoms with Crippen molar-refractivity contribution in [3.05, 3.63) is 42.6 Å². The second-order valence-electron chi connectivity index (χ2n) is 4.61. The lowest BCUT2D eigenvalue weighted by Gasteiger charge is -2.04. The van der Waals surface area contributed by atoms with Crippen molar-refractivity contribution in [3.8, 4) is 5.82 Å². The van der Waals surface area contributed by atoms with Crippen molar-refractivity contribution in [2.75, 3.05) is 0 Å². The lowest BCUT2D eigenvalue weighted by molar-refractivity contribution is 0.877. The molecule has 98 valence electrons. The molecule has 2 heterocycles. The number of imidazole rings is 1. The summed E-state index contributed by atoms with van der Waals surface area (Å²) in [5.74, 6) is 1.36. The number of guanidine groups is 1. The van der Waals surface area contributed by atoms with Crippen molar-refractivity contribution >= 4 is 5.96 Å². The monoisotopic (exact) mass is 256 g/mol. The van der Waals surface area contributed by atoms with Gasteiger partial charge in [0.1, 0.15) is 12.1 Å². The second kappa shape index (κ2) is 5.09. The van der Waals surface area contributed by atoms with E-state index < -0.39 is 0 Å². The number of aromatic nitrogens is 3. The average Bonchev–Trinajstić information content (AvgIpc) is 3.07. The molecular weight excluding hydrogens is 240 g/mol. The highest BCUT2D eigenvalue weighted by molar-refractivity contribution is 5.78. The zero-order chi connectivity index (χ0) is 13.1. The van der Waals surface area contributed by atoms with E-state index in [2.05, 4.69) is 20.3 Å². The maximum atomic E-state index is 5.78. The minimum Gasteiger partial charge on any atom is -0.370 e. The van der Waals surface area contributed by atoms with Crippen LogP contribution in [0.25, 0.3) is 5.82 Å². The van der Waals surface area contributed by atoms with Gasteiger partial charge in [-0.1, -0.05) is 6.07 Å². The number of nitrogens with one attached hydrogen (secondary N) is 1. The van der Waals surface area contributed by atoms with E-state index in [1.54, 1.807) is 12.5 Å². The summed E-state index contributed by atoms with van der Waals surface area (Å²) in [6.45, 7) is 0.544. The third kappa shape index (κ3) is 3.09. The first kappa shape index (κ1) is 11.7. The van der Waals surface area contributed by atoms with E-state index in [0.717, 1.165) is 11.4 Å². The topological polar surface area (TPSA) is 81.1 Å². The molecule has 0 unspecified atom stereocenters. The number of nitrogens with zero attached hydrogens (tertiary/aromatic N) is 4. The van der Waals surface area contributed by atoms with Crippen molar-refractivity contribution in [1.29, 1.82) is 0 Å². The van der Waals surface area contributed by atoms with Crippen LogP contribution in [0.1, 0.15) is 18.4 Å². The molecular formula is C13H16N6. The van der Waals surface area contributed by atoms with Crippen LogP contribution in [0.2, 0.25) is 0 Å². The zero-order valence-electron chi connectivity index (χ0n) is 10.5. The summed E-state index contributed by atoms with van der Waals surface area (Å²) in [5.41, 5.74) is 6.81. The van der Waals surface area contributed by atoms with E-state index >= 15 is 0 Å². The summed E-state index contributed by atoms with van der Waals surface area (Å²) in [6.07, 6.45) is 9.50. The van der Waals surface area contributed by atoms with Gasteiger partial charge < -0.3 is 11.1 Å². The summed E-state index contributed by atoms with van der Waals surface area (Å²) in [7, 11) is 0. The Balaban J connectivity index is 1.62. The van der Waals surface area contributed by atoms with Gasteiger partial charge in [0.25, 0.3) is 0 Å². The van der Waals surface area contributed by atoms with Gasteiger partial charge in [-0.15, -0.1) is 0 Å². The molecule has 1 aliphatic rings. The van der Waals surface area contributed by atoms with Crippen molar-refractivity contribution in [1.82, 2.24) is 19.9 Å². The van der Waals surface area contributed by atoms with E-state index in [9.17, 15) is 0 Å². The number of pyridine rings is 1. The van der Waals surface area contributed by atoms with Gasteiger partial charge in [-0.25, -0.2) is 15.0 Å². The van der Waals surface area contributed by atoms with Gasteiger partial charge >= 0.3 is 0 Å². The fourth-order valence-electron chi connectivity index (χ4n) is 1.72. The Morgan fingerprint density at radius 2 is 2.37 bits per heavy atom. The normalized spacial score (nSPS) is 15.5. The summed E-state index contributed by atoms with van der Waals surface area (Å²) in [5, 5.41) is 3.15. The van der Waals surface area contributed by atoms with Crippen LogP contribution < -0.4 is 11.1 Å². The van der Waals surface area contributed by atoms with Crippen molar-refractivity contribution in [3.63, 3.8) is 0 Å². The van der Waals surface area contributed by atoms with Gasteiger partial charge in [-0.2, -0.15) is 0 Å². The number of aliphatic imine (C=N–C) groups is 1. The molecule has 1 saturated carbocycles. The molecule has 3 rings (SSSR count). The van der Waals surface area contributed by atoms with Crippen LogP contribution in [-0.2, 0) is 6.54 Å². The number of hydrogen-bond donors (Lipinski definition) is 2. The Hall–Kier alpha value is -2.37. The molecule has 0 spiro atoms. The first-order chi connectivity index (χ1) is 9.31. The maximum Gasteiger partial charge on any atom is 0.189 e. The molecule has 0 bridgehead atoms. The van der Waals surface area contributed by atoms with Gasteiger partial charge in [-0.3, -0.25) is 4.57 Å². The Kier molecular flexibility index (Phi) is 3.14. The van der Waals surface area contributed by atoms with Crippen LogP contribution in [-0.4, -0.2) is 26.5 Å². The van der Waals surface area contributed by atoms with Crippen molar-refractivity contribution in [2.45, 2.75) is 25.4 Å². The minimum absolute atomic E-state index is 0.515. The lowest BCUT2D eigenvalue weighted by atomic mass is 10.3. The predicted molar refractivity (Wildman–Crippen MR) is 72.8 cm³/mol. The third-order valence-corrected chi connectivity index (χ3v) is 2.94. The standard InChI is InChI=1S/C13H16N6/c14-13(18-11-2-3-11)17-8-10-1-4-12(16-7-10)19-6-5-15-9-19/h1,4-7,9,11H,2-3,8H2,(H3,14,17,18). The molecule has 1 fully saturated rings. The fourth-order valence-corrected chi connectivity index (χ4v) is 1.72. The smallest absolute Gasteiger partial charge is 0.189 e. The molecule has 0 amide bonds. The summed E-state index contributed by atoms with van der Waals surface area (Å²) in [6, 6.07) is 4.47. The van der Waals surface area contributed by atoms with Gasteiger partial charge in [0.05, 0.1) is 6.54 Å². The van der Waals surface area contributed by atoms with E-state index in [-0.39, 0.29) is 0 Å². The molecule has 1 aliphatic carbocycles. The van der Waals surface area contributed by atoms with Crippen LogP contribution in [0.15, 0.2) is 42.0 Å². The van der Waals surface area contributed by atoms with Crippen LogP contribution in [0.5, 0.6) is 0 Å². The third-order valence-electron chi connectivity index (χ3n) is 2.94. The minimum atomic E-state index is 0.515. The first-order valence-electron chi connectivity index (χ1n) is 6.31. The van der Waals surface area contributed by atoms with Crippen LogP contribution in [0.3, 0.4) is 0 Å². The van der Waals surface area contributed by atoms with E-state index in [4.69, 9.17) is 5.73 Å². The Labute approximate surface area is 111 Å². The summed E-state index contributed by atoms with van der Waals surface area (Å²) >= 11 is 0. The van der Waals surface area contributed by atoms with Gasteiger partial charge in [0.2, 0.25) is 0 Å². The molecule has 0 aliphatic heterocycles. The highest BCUT2D eigenvalue weighted by atomic mass is 15.1. The number of rotatable bonds is 4. The zero-order valence-corrected chi connectivity index (χ0v) is 10.5. The Morgan fingerprint density at radius 1 is 1.47 bits per heavy atom. The Bertz CT molecular complexity index is 553. The highest BCUT2D eigenvalue weighted by Crippen LogP contribution is 2.18. The molecule has 0 aromatic carbocycles. The summed E-state index contributed by atoms with van der Waals surface area (Å²) in [4.78, 5) is 12.6. The lowest BCUT2D eigenvalue weighted by Crippen LogP contribution is -2.33. The molecule has 19 heavy (non-hydrogen) atoms. The first-order valence-corrected chi connectivity index (χ1v) is 6.31. The van der Waals surface area contributed by atoms with Gasteiger partial charge in [-0.05, 0) is 24.5 Å². The molecule has 2 aromatic heterocycles. The molecule has 0 saturated heterocycles. The Morgan fingerprint density at radius 3 is 3.00 bits per heavy atom. The molecule has 3 N–H and O–H groups in total. The van der Waals surface area contributed by atoms with Crippen LogP contribution >= 0.6 is 0 Å². The van der Waals surface area contributed by atoms with E-state index in [0.29, 0.717) is 18.5 Å². The number of nitrogens with two attached hydrogens (primary N) is 1. The SMILES string of the molecule is NC(=NCc1ccc(-n2ccnc2)nc1)NC1CC1. The van der Waals surface area contributed by atoms with Crippen LogP contribution in [0.4, 0.5) is 0 Å². The van der Waals surface area contributed by atoms with E-state index in [1.807, 2.05) is 29.1 Å². The van der Waals surface area contributed by atoms with Gasteiger partial charge in [0.15, 0.2) is 5.96 Å². The average molecular weight is 256 g/mol. The fraction of sp³-hybridized carbons (Fsp3) is 0.308. The van der Waals surface area contributed by atoms with Crippen molar-refractivity contribution < 1.29 is 0 Å².